The third-order valence-corrected chi connectivity index (χ3v) is 4.82. The predicted octanol–water partition coefficient (Wildman–Crippen LogP) is 2.37. The number of nitrogens with one attached hydrogen (secondary N) is 2. The molecule has 8 heteroatoms. The highest BCUT2D eigenvalue weighted by Crippen LogP contribution is 2.19. The van der Waals surface area contributed by atoms with Crippen LogP contribution in [0.5, 0.6) is 0 Å². The number of hydrogen-bond acceptors (Lipinski definition) is 4. The van der Waals surface area contributed by atoms with Gasteiger partial charge in [0.25, 0.3) is 0 Å². The SMILES string of the molecule is CN=C(NCCCCSC)NCC(C)(C)CCS(C)(=O)=O.I. The Morgan fingerprint density at radius 1 is 1.23 bits per heavy atom. The molecule has 0 rings (SSSR count). The maximum Gasteiger partial charge on any atom is 0.190 e. The average Bonchev–Trinajstić information content (AvgIpc) is 2.39. The lowest BCUT2D eigenvalue weighted by atomic mass is 9.90. The molecule has 2 N–H and O–H groups in total. The van der Waals surface area contributed by atoms with Gasteiger partial charge in [0.15, 0.2) is 5.96 Å². The van der Waals surface area contributed by atoms with Crippen LogP contribution in [-0.2, 0) is 9.84 Å². The molecule has 5 nitrogen and oxygen atoms in total. The van der Waals surface area contributed by atoms with Gasteiger partial charge in [0, 0.05) is 26.4 Å². The van der Waals surface area contributed by atoms with Gasteiger partial charge in [-0.15, -0.1) is 24.0 Å². The van der Waals surface area contributed by atoms with E-state index >= 15 is 0 Å². The number of unbranched alkanes of at least 4 members (excludes halogenated alkanes) is 1. The summed E-state index contributed by atoms with van der Waals surface area (Å²) in [6, 6.07) is 0. The monoisotopic (exact) mass is 465 g/mol. The number of rotatable bonds is 10. The van der Waals surface area contributed by atoms with Gasteiger partial charge in [-0.25, -0.2) is 8.42 Å². The van der Waals surface area contributed by atoms with E-state index in [1.165, 1.54) is 18.4 Å². The van der Waals surface area contributed by atoms with Gasteiger partial charge < -0.3 is 10.6 Å². The fraction of sp³-hybridized carbons (Fsp3) is 0.929. The molecule has 0 fully saturated rings. The number of halogens is 1. The molecule has 0 aliphatic heterocycles. The van der Waals surface area contributed by atoms with Crippen molar-refractivity contribution in [3.63, 3.8) is 0 Å². The van der Waals surface area contributed by atoms with E-state index in [1.54, 1.807) is 7.05 Å². The topological polar surface area (TPSA) is 70.6 Å². The quantitative estimate of drug-likeness (QED) is 0.224. The van der Waals surface area contributed by atoms with Gasteiger partial charge in [0.05, 0.1) is 5.75 Å². The molecule has 0 saturated carbocycles. The first-order chi connectivity index (χ1) is 9.70. The largest absolute Gasteiger partial charge is 0.356 e. The minimum atomic E-state index is -2.90. The van der Waals surface area contributed by atoms with E-state index in [1.807, 2.05) is 11.8 Å². The number of guanidine groups is 1. The van der Waals surface area contributed by atoms with Crippen LogP contribution in [0.2, 0.25) is 0 Å². The van der Waals surface area contributed by atoms with Gasteiger partial charge in [-0.3, -0.25) is 4.99 Å². The van der Waals surface area contributed by atoms with Crippen molar-refractivity contribution in [2.45, 2.75) is 33.1 Å². The van der Waals surface area contributed by atoms with Crippen LogP contribution in [0, 0.1) is 5.41 Å². The van der Waals surface area contributed by atoms with Gasteiger partial charge in [-0.1, -0.05) is 13.8 Å². The Bertz CT molecular complexity index is 412. The highest BCUT2D eigenvalue weighted by Gasteiger charge is 2.20. The zero-order chi connectivity index (χ0) is 16.4. The molecular formula is C14H32IN3O2S2. The number of hydrogen-bond donors (Lipinski definition) is 2. The van der Waals surface area contributed by atoms with Crippen molar-refractivity contribution < 1.29 is 8.42 Å². The van der Waals surface area contributed by atoms with Gasteiger partial charge in [-0.2, -0.15) is 11.8 Å². The van der Waals surface area contributed by atoms with E-state index in [2.05, 4.69) is 35.7 Å². The van der Waals surface area contributed by atoms with Crippen LogP contribution in [0.1, 0.15) is 33.1 Å². The summed E-state index contributed by atoms with van der Waals surface area (Å²) in [6.45, 7) is 5.74. The maximum atomic E-state index is 11.2. The van der Waals surface area contributed by atoms with Crippen LogP contribution in [0.25, 0.3) is 0 Å². The van der Waals surface area contributed by atoms with Crippen molar-refractivity contribution in [1.82, 2.24) is 10.6 Å². The lowest BCUT2D eigenvalue weighted by Gasteiger charge is -2.25. The molecule has 0 aliphatic rings. The fourth-order valence-corrected chi connectivity index (χ4v) is 3.09. The summed E-state index contributed by atoms with van der Waals surface area (Å²) in [4.78, 5) is 4.19. The first-order valence-corrected chi connectivity index (χ1v) is 10.8. The molecule has 22 heavy (non-hydrogen) atoms. The molecule has 0 aliphatic carbocycles. The van der Waals surface area contributed by atoms with Gasteiger partial charge in [0.2, 0.25) is 0 Å². The minimum Gasteiger partial charge on any atom is -0.356 e. The van der Waals surface area contributed by atoms with E-state index < -0.39 is 9.84 Å². The highest BCUT2D eigenvalue weighted by molar-refractivity contribution is 14.0. The third kappa shape index (κ3) is 15.2. The zero-order valence-corrected chi connectivity index (χ0v) is 18.4. The minimum absolute atomic E-state index is 0. The molecule has 0 aromatic heterocycles. The molecule has 0 aromatic carbocycles. The molecule has 0 saturated heterocycles. The smallest absolute Gasteiger partial charge is 0.190 e. The van der Waals surface area contributed by atoms with E-state index in [-0.39, 0.29) is 35.1 Å². The maximum absolute atomic E-state index is 11.2. The summed E-state index contributed by atoms with van der Waals surface area (Å²) in [5.74, 6) is 2.20. The first kappa shape index (κ1) is 24.6. The lowest BCUT2D eigenvalue weighted by molar-refractivity contribution is 0.348. The van der Waals surface area contributed by atoms with Gasteiger partial charge >= 0.3 is 0 Å². The first-order valence-electron chi connectivity index (χ1n) is 7.31. The Labute approximate surface area is 157 Å². The van der Waals surface area contributed by atoms with Crippen molar-refractivity contribution in [3.8, 4) is 0 Å². The van der Waals surface area contributed by atoms with Crippen molar-refractivity contribution in [3.05, 3.63) is 0 Å². The molecular weight excluding hydrogens is 433 g/mol. The van der Waals surface area contributed by atoms with Crippen LogP contribution < -0.4 is 10.6 Å². The zero-order valence-electron chi connectivity index (χ0n) is 14.4. The van der Waals surface area contributed by atoms with Crippen molar-refractivity contribution in [1.29, 1.82) is 0 Å². The molecule has 0 heterocycles. The van der Waals surface area contributed by atoms with E-state index in [0.717, 1.165) is 18.9 Å². The molecule has 134 valence electrons. The van der Waals surface area contributed by atoms with Crippen LogP contribution in [0.3, 0.4) is 0 Å². The Kier molecular flexibility index (Phi) is 14.2. The average molecular weight is 465 g/mol. The molecule has 0 unspecified atom stereocenters. The molecule has 0 radical (unpaired) electrons. The predicted molar refractivity (Wildman–Crippen MR) is 111 cm³/mol. The highest BCUT2D eigenvalue weighted by atomic mass is 127. The number of aliphatic imine (C=N–C) groups is 1. The van der Waals surface area contributed by atoms with E-state index in [0.29, 0.717) is 13.0 Å². The summed E-state index contributed by atoms with van der Waals surface area (Å²) in [7, 11) is -1.15. The Balaban J connectivity index is 0. The van der Waals surface area contributed by atoms with E-state index in [9.17, 15) is 8.42 Å². The summed E-state index contributed by atoms with van der Waals surface area (Å²) in [5, 5.41) is 6.56. The number of nitrogens with zero attached hydrogens (tertiary/aromatic N) is 1. The van der Waals surface area contributed by atoms with Crippen LogP contribution >= 0.6 is 35.7 Å². The molecule has 0 spiro atoms. The Hall–Kier alpha value is 0.300. The van der Waals surface area contributed by atoms with Crippen LogP contribution in [0.4, 0.5) is 0 Å². The number of sulfone groups is 1. The second kappa shape index (κ2) is 12.7. The lowest BCUT2D eigenvalue weighted by Crippen LogP contribution is -2.42. The number of thioether (sulfide) groups is 1. The fourth-order valence-electron chi connectivity index (χ4n) is 1.67. The summed E-state index contributed by atoms with van der Waals surface area (Å²) < 4.78 is 22.5. The normalized spacial score (nSPS) is 12.7. The summed E-state index contributed by atoms with van der Waals surface area (Å²) in [5.41, 5.74) is -0.0838. The molecule has 0 amide bonds. The summed E-state index contributed by atoms with van der Waals surface area (Å²) >= 11 is 1.86. The van der Waals surface area contributed by atoms with Gasteiger partial charge in [-0.05, 0) is 36.7 Å². The molecule has 0 aromatic rings. The Morgan fingerprint density at radius 2 is 1.86 bits per heavy atom. The van der Waals surface area contributed by atoms with Crippen molar-refractivity contribution in [2.75, 3.05) is 44.2 Å². The van der Waals surface area contributed by atoms with Crippen molar-refractivity contribution >= 4 is 51.5 Å². The van der Waals surface area contributed by atoms with Crippen LogP contribution in [0.15, 0.2) is 4.99 Å². The standard InChI is InChI=1S/C14H31N3O2S2.HI/c1-14(2,8-11-21(5,18)19)12-17-13(15-3)16-9-6-7-10-20-4;/h6-12H2,1-5H3,(H2,15,16,17);1H. The van der Waals surface area contributed by atoms with Crippen molar-refractivity contribution in [2.24, 2.45) is 10.4 Å². The molecule has 0 bridgehead atoms. The summed E-state index contributed by atoms with van der Waals surface area (Å²) in [6.07, 6.45) is 6.37. The Morgan fingerprint density at radius 3 is 2.36 bits per heavy atom. The van der Waals surface area contributed by atoms with E-state index in [4.69, 9.17) is 0 Å². The van der Waals surface area contributed by atoms with Crippen LogP contribution in [-0.4, -0.2) is 58.5 Å². The second-order valence-corrected chi connectivity index (χ2v) is 9.34. The third-order valence-electron chi connectivity index (χ3n) is 3.18. The molecule has 0 atom stereocenters. The second-order valence-electron chi connectivity index (χ2n) is 6.10. The van der Waals surface area contributed by atoms with Gasteiger partial charge in [0.1, 0.15) is 9.84 Å².